The van der Waals surface area contributed by atoms with Crippen molar-refractivity contribution in [3.63, 3.8) is 0 Å². The minimum absolute atomic E-state index is 0.102. The Morgan fingerprint density at radius 1 is 0.815 bits per heavy atom. The molecule has 0 radical (unpaired) electrons. The standard InChI is InChI=1S/C23H22N2O2/c26-23(20-11-5-4-10-19(20)18-8-2-1-3-9-18)24-21-12-6-7-13-22(21)25-14-16-27-17-15-25/h1-13H,14-17H2,(H,24,26). The van der Waals surface area contributed by atoms with E-state index in [4.69, 9.17) is 4.74 Å². The molecule has 0 aromatic heterocycles. The number of hydrogen-bond donors (Lipinski definition) is 1. The molecule has 27 heavy (non-hydrogen) atoms. The lowest BCUT2D eigenvalue weighted by Crippen LogP contribution is -2.36. The van der Waals surface area contributed by atoms with Crippen molar-refractivity contribution in [1.82, 2.24) is 0 Å². The van der Waals surface area contributed by atoms with Gasteiger partial charge >= 0.3 is 0 Å². The van der Waals surface area contributed by atoms with Gasteiger partial charge in [-0.15, -0.1) is 0 Å². The van der Waals surface area contributed by atoms with Crippen LogP contribution in [-0.2, 0) is 4.74 Å². The van der Waals surface area contributed by atoms with E-state index in [1.54, 1.807) is 0 Å². The first-order chi connectivity index (χ1) is 13.3. The van der Waals surface area contributed by atoms with Gasteiger partial charge in [0.25, 0.3) is 5.91 Å². The van der Waals surface area contributed by atoms with Crippen molar-refractivity contribution in [2.24, 2.45) is 0 Å². The van der Waals surface area contributed by atoms with E-state index in [1.165, 1.54) is 0 Å². The number of ether oxygens (including phenoxy) is 1. The first-order valence-electron chi connectivity index (χ1n) is 9.20. The summed E-state index contributed by atoms with van der Waals surface area (Å²) >= 11 is 0. The molecule has 4 nitrogen and oxygen atoms in total. The van der Waals surface area contributed by atoms with Gasteiger partial charge in [-0.05, 0) is 29.3 Å². The molecule has 3 aromatic rings. The molecule has 1 N–H and O–H groups in total. The molecule has 1 aliphatic rings. The zero-order valence-electron chi connectivity index (χ0n) is 15.1. The molecule has 1 fully saturated rings. The zero-order chi connectivity index (χ0) is 18.5. The Kier molecular flexibility index (Phi) is 5.17. The summed E-state index contributed by atoms with van der Waals surface area (Å²) < 4.78 is 5.45. The third-order valence-corrected chi connectivity index (χ3v) is 4.76. The minimum atomic E-state index is -0.102. The predicted octanol–water partition coefficient (Wildman–Crippen LogP) is 4.44. The van der Waals surface area contributed by atoms with E-state index in [0.717, 1.165) is 35.6 Å². The summed E-state index contributed by atoms with van der Waals surface area (Å²) in [5.41, 5.74) is 4.49. The van der Waals surface area contributed by atoms with Crippen molar-refractivity contribution in [3.05, 3.63) is 84.4 Å². The van der Waals surface area contributed by atoms with E-state index in [2.05, 4.69) is 10.2 Å². The number of amides is 1. The second-order valence-corrected chi connectivity index (χ2v) is 6.48. The van der Waals surface area contributed by atoms with Crippen molar-refractivity contribution >= 4 is 17.3 Å². The number of nitrogens with zero attached hydrogens (tertiary/aromatic N) is 1. The second kappa shape index (κ2) is 8.06. The van der Waals surface area contributed by atoms with Gasteiger partial charge in [0, 0.05) is 18.7 Å². The lowest BCUT2D eigenvalue weighted by molar-refractivity contribution is 0.102. The van der Waals surface area contributed by atoms with Gasteiger partial charge in [0.15, 0.2) is 0 Å². The van der Waals surface area contributed by atoms with E-state index in [0.29, 0.717) is 18.8 Å². The average Bonchev–Trinajstić information content (AvgIpc) is 2.75. The van der Waals surface area contributed by atoms with Crippen molar-refractivity contribution in [1.29, 1.82) is 0 Å². The summed E-state index contributed by atoms with van der Waals surface area (Å²) in [6.07, 6.45) is 0. The van der Waals surface area contributed by atoms with Crippen molar-refractivity contribution in [2.75, 3.05) is 36.5 Å². The number of benzene rings is 3. The first kappa shape index (κ1) is 17.3. The van der Waals surface area contributed by atoms with Crippen LogP contribution in [0.4, 0.5) is 11.4 Å². The largest absolute Gasteiger partial charge is 0.378 e. The lowest BCUT2D eigenvalue weighted by Gasteiger charge is -2.30. The fraction of sp³-hybridized carbons (Fsp3) is 0.174. The monoisotopic (exact) mass is 358 g/mol. The van der Waals surface area contributed by atoms with Crippen molar-refractivity contribution < 1.29 is 9.53 Å². The van der Waals surface area contributed by atoms with Gasteiger partial charge in [0.1, 0.15) is 0 Å². The van der Waals surface area contributed by atoms with Crippen LogP contribution >= 0.6 is 0 Å². The highest BCUT2D eigenvalue weighted by molar-refractivity contribution is 6.10. The molecule has 1 aliphatic heterocycles. The Bertz CT molecular complexity index is 918. The number of nitrogens with one attached hydrogen (secondary N) is 1. The van der Waals surface area contributed by atoms with Crippen LogP contribution in [0.5, 0.6) is 0 Å². The van der Waals surface area contributed by atoms with E-state index < -0.39 is 0 Å². The molecule has 136 valence electrons. The summed E-state index contributed by atoms with van der Waals surface area (Å²) in [5.74, 6) is -0.102. The SMILES string of the molecule is O=C(Nc1ccccc1N1CCOCC1)c1ccccc1-c1ccccc1. The number of hydrogen-bond acceptors (Lipinski definition) is 3. The molecular formula is C23H22N2O2. The zero-order valence-corrected chi connectivity index (χ0v) is 15.1. The maximum atomic E-state index is 13.1. The number of rotatable bonds is 4. The minimum Gasteiger partial charge on any atom is -0.378 e. The molecule has 3 aromatic carbocycles. The number of para-hydroxylation sites is 2. The normalized spacial score (nSPS) is 14.0. The smallest absolute Gasteiger partial charge is 0.256 e. The molecule has 1 heterocycles. The quantitative estimate of drug-likeness (QED) is 0.749. The van der Waals surface area contributed by atoms with Gasteiger partial charge in [0.2, 0.25) is 0 Å². The summed E-state index contributed by atoms with van der Waals surface area (Å²) in [7, 11) is 0. The molecule has 0 spiro atoms. The van der Waals surface area contributed by atoms with E-state index >= 15 is 0 Å². The molecule has 4 heteroatoms. The topological polar surface area (TPSA) is 41.6 Å². The maximum Gasteiger partial charge on any atom is 0.256 e. The third kappa shape index (κ3) is 3.86. The molecule has 1 saturated heterocycles. The van der Waals surface area contributed by atoms with E-state index in [1.807, 2.05) is 78.9 Å². The summed E-state index contributed by atoms with van der Waals surface area (Å²) in [6.45, 7) is 3.07. The van der Waals surface area contributed by atoms with Gasteiger partial charge in [0.05, 0.1) is 24.6 Å². The summed E-state index contributed by atoms with van der Waals surface area (Å²) in [6, 6.07) is 25.6. The molecule has 0 aliphatic carbocycles. The Balaban J connectivity index is 1.63. The number of anilines is 2. The van der Waals surface area contributed by atoms with Gasteiger partial charge in [-0.3, -0.25) is 4.79 Å². The van der Waals surface area contributed by atoms with Crippen LogP contribution in [0, 0.1) is 0 Å². The number of carbonyl (C=O) groups is 1. The van der Waals surface area contributed by atoms with Crippen molar-refractivity contribution in [2.45, 2.75) is 0 Å². The predicted molar refractivity (Wildman–Crippen MR) is 109 cm³/mol. The molecular weight excluding hydrogens is 336 g/mol. The van der Waals surface area contributed by atoms with Gasteiger partial charge < -0.3 is 15.0 Å². The average molecular weight is 358 g/mol. The van der Waals surface area contributed by atoms with Gasteiger partial charge in [-0.25, -0.2) is 0 Å². The van der Waals surface area contributed by atoms with Crippen LogP contribution in [0.1, 0.15) is 10.4 Å². The Morgan fingerprint density at radius 2 is 1.48 bits per heavy atom. The molecule has 1 amide bonds. The van der Waals surface area contributed by atoms with Crippen LogP contribution in [0.15, 0.2) is 78.9 Å². The first-order valence-corrected chi connectivity index (χ1v) is 9.20. The molecule has 0 bridgehead atoms. The summed E-state index contributed by atoms with van der Waals surface area (Å²) in [5, 5.41) is 3.11. The van der Waals surface area contributed by atoms with Gasteiger partial charge in [-0.1, -0.05) is 60.7 Å². The van der Waals surface area contributed by atoms with Crippen LogP contribution in [0.2, 0.25) is 0 Å². The fourth-order valence-electron chi connectivity index (χ4n) is 3.40. The summed E-state index contributed by atoms with van der Waals surface area (Å²) in [4.78, 5) is 15.3. The highest BCUT2D eigenvalue weighted by Gasteiger charge is 2.18. The Morgan fingerprint density at radius 3 is 2.30 bits per heavy atom. The Labute approximate surface area is 159 Å². The van der Waals surface area contributed by atoms with Crippen LogP contribution in [0.3, 0.4) is 0 Å². The second-order valence-electron chi connectivity index (χ2n) is 6.48. The third-order valence-electron chi connectivity index (χ3n) is 4.76. The van der Waals surface area contributed by atoms with E-state index in [-0.39, 0.29) is 5.91 Å². The lowest BCUT2D eigenvalue weighted by atomic mass is 9.99. The molecule has 4 rings (SSSR count). The van der Waals surface area contributed by atoms with Crippen LogP contribution < -0.4 is 10.2 Å². The molecule has 0 unspecified atom stereocenters. The van der Waals surface area contributed by atoms with Gasteiger partial charge in [-0.2, -0.15) is 0 Å². The number of carbonyl (C=O) groups excluding carboxylic acids is 1. The molecule has 0 saturated carbocycles. The van der Waals surface area contributed by atoms with E-state index in [9.17, 15) is 4.79 Å². The fourth-order valence-corrected chi connectivity index (χ4v) is 3.40. The highest BCUT2D eigenvalue weighted by atomic mass is 16.5. The molecule has 0 atom stereocenters. The Hall–Kier alpha value is -3.11. The highest BCUT2D eigenvalue weighted by Crippen LogP contribution is 2.29. The maximum absolute atomic E-state index is 13.1. The van der Waals surface area contributed by atoms with Crippen LogP contribution in [0.25, 0.3) is 11.1 Å². The van der Waals surface area contributed by atoms with Crippen LogP contribution in [-0.4, -0.2) is 32.2 Å². The number of morpholine rings is 1. The van der Waals surface area contributed by atoms with Crippen molar-refractivity contribution in [3.8, 4) is 11.1 Å².